The molecule has 2 aliphatic rings. The van der Waals surface area contributed by atoms with Crippen LogP contribution in [0.5, 0.6) is 5.75 Å². The number of carbonyl (C=O) groups excluding carboxylic acids is 2. The number of pyridine rings is 1. The Labute approximate surface area is 176 Å². The molecule has 1 N–H and O–H groups in total. The van der Waals surface area contributed by atoms with Crippen LogP contribution in [0.4, 0.5) is 8.78 Å². The van der Waals surface area contributed by atoms with E-state index >= 15 is 0 Å². The molecule has 2 aliphatic heterocycles. The number of amides is 1. The van der Waals surface area contributed by atoms with Crippen LogP contribution < -0.4 is 5.43 Å². The number of carbonyl (C=O) groups is 2. The Morgan fingerprint density at radius 1 is 1.29 bits per heavy atom. The number of ketones is 1. The molecule has 0 spiro atoms. The first kappa shape index (κ1) is 21.2. The Bertz CT molecular complexity index is 1130. The van der Waals surface area contributed by atoms with E-state index in [0.717, 1.165) is 12.1 Å². The SMILES string of the molecule is CC(C)[C@@H]1CO[C@H]2Cn3cc(C(=O)CCc4ccc(F)cc4F)c(=O)c(O)c3C(=O)N21. The van der Waals surface area contributed by atoms with E-state index in [-0.39, 0.29) is 48.2 Å². The molecule has 0 radical (unpaired) electrons. The second-order valence-corrected chi connectivity index (χ2v) is 8.19. The first-order chi connectivity index (χ1) is 14.7. The number of Topliss-reactive ketones (excluding diaryl/α,β-unsaturated/α-hetero) is 1. The Balaban J connectivity index is 1.62. The Hall–Kier alpha value is -3.07. The van der Waals surface area contributed by atoms with Crippen molar-refractivity contribution in [3.63, 3.8) is 0 Å². The lowest BCUT2D eigenvalue weighted by molar-refractivity contribution is 0.00429. The molecule has 1 aromatic carbocycles. The highest BCUT2D eigenvalue weighted by atomic mass is 19.1. The van der Waals surface area contributed by atoms with Gasteiger partial charge < -0.3 is 19.3 Å². The number of aromatic hydroxyl groups is 1. The molecule has 2 atom stereocenters. The minimum absolute atomic E-state index is 0.0403. The van der Waals surface area contributed by atoms with Gasteiger partial charge in [0, 0.05) is 18.7 Å². The molecule has 9 heteroatoms. The molecule has 0 saturated carbocycles. The number of aromatic nitrogens is 1. The number of halogens is 2. The van der Waals surface area contributed by atoms with Crippen LogP contribution in [0.15, 0.2) is 29.2 Å². The predicted octanol–water partition coefficient (Wildman–Crippen LogP) is 2.48. The minimum Gasteiger partial charge on any atom is -0.503 e. The van der Waals surface area contributed by atoms with Crippen LogP contribution in [0.25, 0.3) is 0 Å². The van der Waals surface area contributed by atoms with Crippen LogP contribution in [0.2, 0.25) is 0 Å². The molecule has 0 aliphatic carbocycles. The number of aryl methyl sites for hydroxylation is 1. The molecule has 3 heterocycles. The van der Waals surface area contributed by atoms with Crippen LogP contribution in [0.3, 0.4) is 0 Å². The van der Waals surface area contributed by atoms with Gasteiger partial charge in [-0.1, -0.05) is 19.9 Å². The largest absolute Gasteiger partial charge is 0.503 e. The predicted molar refractivity (Wildman–Crippen MR) is 106 cm³/mol. The number of hydrogen-bond donors (Lipinski definition) is 1. The summed E-state index contributed by atoms with van der Waals surface area (Å²) < 4.78 is 33.9. The lowest BCUT2D eigenvalue weighted by atomic mass is 10.0. The quantitative estimate of drug-likeness (QED) is 0.734. The topological polar surface area (TPSA) is 88.8 Å². The fraction of sp³-hybridized carbons (Fsp3) is 0.409. The molecule has 4 rings (SSSR count). The van der Waals surface area contributed by atoms with Gasteiger partial charge in [-0.2, -0.15) is 0 Å². The highest BCUT2D eigenvalue weighted by Gasteiger charge is 2.45. The van der Waals surface area contributed by atoms with E-state index in [2.05, 4.69) is 0 Å². The fourth-order valence-corrected chi connectivity index (χ4v) is 4.13. The standard InChI is InChI=1S/C22H22F2N2O5/c1-11(2)16-10-31-18-9-25-8-14(20(28)21(29)19(25)22(30)26(16)18)17(27)6-4-12-3-5-13(23)7-15(12)24/h3,5,7-8,11,16,18,29H,4,6,9-10H2,1-2H3/t16-,18-/m0/s1. The summed E-state index contributed by atoms with van der Waals surface area (Å²) >= 11 is 0. The van der Waals surface area contributed by atoms with Gasteiger partial charge in [0.1, 0.15) is 11.6 Å². The summed E-state index contributed by atoms with van der Waals surface area (Å²) in [5, 5.41) is 10.5. The lowest BCUT2D eigenvalue weighted by Gasteiger charge is -2.35. The van der Waals surface area contributed by atoms with E-state index < -0.39 is 40.7 Å². The first-order valence-corrected chi connectivity index (χ1v) is 10.1. The summed E-state index contributed by atoms with van der Waals surface area (Å²) in [6, 6.07) is 2.88. The Morgan fingerprint density at radius 3 is 2.71 bits per heavy atom. The maximum absolute atomic E-state index is 13.8. The Kier molecular flexibility index (Phi) is 5.38. The molecule has 1 saturated heterocycles. The number of benzene rings is 1. The minimum atomic E-state index is -0.941. The van der Waals surface area contributed by atoms with Crippen molar-refractivity contribution >= 4 is 11.7 Å². The molecule has 1 fully saturated rings. The second-order valence-electron chi connectivity index (χ2n) is 8.19. The monoisotopic (exact) mass is 432 g/mol. The number of rotatable bonds is 5. The van der Waals surface area contributed by atoms with E-state index in [1.807, 2.05) is 13.8 Å². The van der Waals surface area contributed by atoms with Crippen molar-refractivity contribution in [3.05, 3.63) is 63.1 Å². The average Bonchev–Trinajstić information content (AvgIpc) is 3.14. The number of fused-ring (bicyclic) bond motifs is 2. The third kappa shape index (κ3) is 3.63. The van der Waals surface area contributed by atoms with Crippen molar-refractivity contribution in [2.24, 2.45) is 5.92 Å². The van der Waals surface area contributed by atoms with Gasteiger partial charge in [-0.15, -0.1) is 0 Å². The normalized spacial score (nSPS) is 20.2. The molecule has 1 amide bonds. The maximum atomic E-state index is 13.8. The molecule has 0 unspecified atom stereocenters. The molecule has 31 heavy (non-hydrogen) atoms. The van der Waals surface area contributed by atoms with E-state index in [1.54, 1.807) is 0 Å². The smallest absolute Gasteiger partial charge is 0.276 e. The average molecular weight is 432 g/mol. The Morgan fingerprint density at radius 2 is 2.03 bits per heavy atom. The zero-order chi connectivity index (χ0) is 22.4. The van der Waals surface area contributed by atoms with Gasteiger partial charge in [0.05, 0.1) is 24.8 Å². The zero-order valence-corrected chi connectivity index (χ0v) is 17.1. The van der Waals surface area contributed by atoms with Crippen LogP contribution in [0.1, 0.15) is 46.7 Å². The van der Waals surface area contributed by atoms with Crippen molar-refractivity contribution in [2.45, 2.75) is 45.5 Å². The van der Waals surface area contributed by atoms with Crippen molar-refractivity contribution in [1.29, 1.82) is 0 Å². The van der Waals surface area contributed by atoms with Gasteiger partial charge >= 0.3 is 0 Å². The third-order valence-electron chi connectivity index (χ3n) is 5.88. The van der Waals surface area contributed by atoms with Crippen LogP contribution in [0, 0.1) is 17.6 Å². The second kappa shape index (κ2) is 7.88. The van der Waals surface area contributed by atoms with Gasteiger partial charge in [-0.25, -0.2) is 8.78 Å². The van der Waals surface area contributed by atoms with Crippen LogP contribution in [-0.4, -0.2) is 45.1 Å². The maximum Gasteiger partial charge on any atom is 0.276 e. The highest BCUT2D eigenvalue weighted by molar-refractivity contribution is 6.00. The van der Waals surface area contributed by atoms with Crippen molar-refractivity contribution in [2.75, 3.05) is 6.61 Å². The summed E-state index contributed by atoms with van der Waals surface area (Å²) in [4.78, 5) is 39.9. The van der Waals surface area contributed by atoms with Gasteiger partial charge in [0.15, 0.2) is 23.5 Å². The molecule has 0 bridgehead atoms. The van der Waals surface area contributed by atoms with Crippen molar-refractivity contribution in [3.8, 4) is 5.75 Å². The summed E-state index contributed by atoms with van der Waals surface area (Å²) in [6.07, 6.45) is 0.445. The van der Waals surface area contributed by atoms with E-state index in [9.17, 15) is 28.3 Å². The fourth-order valence-electron chi connectivity index (χ4n) is 4.13. The van der Waals surface area contributed by atoms with Gasteiger partial charge in [0.2, 0.25) is 5.43 Å². The number of ether oxygens (including phenoxy) is 1. The van der Waals surface area contributed by atoms with Crippen molar-refractivity contribution in [1.82, 2.24) is 9.47 Å². The number of nitrogens with zero attached hydrogens (tertiary/aromatic N) is 2. The van der Waals surface area contributed by atoms with Crippen LogP contribution in [-0.2, 0) is 17.7 Å². The van der Waals surface area contributed by atoms with E-state index in [1.165, 1.54) is 21.7 Å². The molecule has 7 nitrogen and oxygen atoms in total. The molecule has 2 aromatic rings. The van der Waals surface area contributed by atoms with Gasteiger partial charge in [-0.05, 0) is 24.0 Å². The van der Waals surface area contributed by atoms with Crippen molar-refractivity contribution < 1.29 is 28.2 Å². The summed E-state index contributed by atoms with van der Waals surface area (Å²) in [5.41, 5.74) is -1.26. The molecule has 1 aromatic heterocycles. The molecule has 164 valence electrons. The number of hydrogen-bond acceptors (Lipinski definition) is 5. The molecular weight excluding hydrogens is 410 g/mol. The summed E-state index contributed by atoms with van der Waals surface area (Å²) in [7, 11) is 0. The highest BCUT2D eigenvalue weighted by Crippen LogP contribution is 2.32. The lowest BCUT2D eigenvalue weighted by Crippen LogP contribution is -2.51. The van der Waals surface area contributed by atoms with Gasteiger partial charge in [-0.3, -0.25) is 14.4 Å². The third-order valence-corrected chi connectivity index (χ3v) is 5.88. The summed E-state index contributed by atoms with van der Waals surface area (Å²) in [6.45, 7) is 4.43. The van der Waals surface area contributed by atoms with Gasteiger partial charge in [0.25, 0.3) is 5.91 Å². The first-order valence-electron chi connectivity index (χ1n) is 10.1. The molecular formula is C22H22F2N2O5. The van der Waals surface area contributed by atoms with E-state index in [4.69, 9.17) is 4.74 Å². The van der Waals surface area contributed by atoms with Crippen LogP contribution >= 0.6 is 0 Å². The van der Waals surface area contributed by atoms with E-state index in [0.29, 0.717) is 6.61 Å². The summed E-state index contributed by atoms with van der Waals surface area (Å²) in [5.74, 6) is -3.28. The zero-order valence-electron chi connectivity index (χ0n) is 17.1.